The SMILES string of the molecule is CCCC1C(=O)NC(C)C(=O)N1CC(F)F. The van der Waals surface area contributed by atoms with Gasteiger partial charge in [-0.05, 0) is 13.3 Å². The molecule has 2 amide bonds. The third-order valence-corrected chi connectivity index (χ3v) is 2.59. The summed E-state index contributed by atoms with van der Waals surface area (Å²) in [4.78, 5) is 24.2. The minimum Gasteiger partial charge on any atom is -0.343 e. The van der Waals surface area contributed by atoms with Gasteiger partial charge in [-0.25, -0.2) is 8.78 Å². The molecule has 0 aliphatic carbocycles. The van der Waals surface area contributed by atoms with Gasteiger partial charge in [-0.1, -0.05) is 13.3 Å². The van der Waals surface area contributed by atoms with E-state index in [1.54, 1.807) is 0 Å². The van der Waals surface area contributed by atoms with E-state index < -0.39 is 31.0 Å². The summed E-state index contributed by atoms with van der Waals surface area (Å²) in [5.74, 6) is -0.770. The Morgan fingerprint density at radius 1 is 1.44 bits per heavy atom. The average Bonchev–Trinajstić information content (AvgIpc) is 2.19. The monoisotopic (exact) mass is 234 g/mol. The molecule has 0 bridgehead atoms. The number of carbonyl (C=O) groups excluding carboxylic acids is 2. The quantitative estimate of drug-likeness (QED) is 0.781. The van der Waals surface area contributed by atoms with Gasteiger partial charge < -0.3 is 10.2 Å². The van der Waals surface area contributed by atoms with Crippen LogP contribution in [0, 0.1) is 0 Å². The molecule has 0 spiro atoms. The molecular weight excluding hydrogens is 218 g/mol. The lowest BCUT2D eigenvalue weighted by Crippen LogP contribution is -2.63. The van der Waals surface area contributed by atoms with Crippen LogP contribution in [0.2, 0.25) is 0 Å². The minimum atomic E-state index is -2.61. The Bertz CT molecular complexity index is 284. The molecule has 0 aromatic rings. The van der Waals surface area contributed by atoms with Gasteiger partial charge in [0.15, 0.2) is 0 Å². The first-order chi connectivity index (χ1) is 7.47. The average molecular weight is 234 g/mol. The number of nitrogens with one attached hydrogen (secondary N) is 1. The van der Waals surface area contributed by atoms with Crippen molar-refractivity contribution >= 4 is 11.8 Å². The van der Waals surface area contributed by atoms with Crippen LogP contribution in [0.3, 0.4) is 0 Å². The number of halogens is 2. The number of nitrogens with zero attached hydrogens (tertiary/aromatic N) is 1. The van der Waals surface area contributed by atoms with Crippen molar-refractivity contribution in [3.05, 3.63) is 0 Å². The summed E-state index contributed by atoms with van der Waals surface area (Å²) in [6, 6.07) is -1.46. The fourth-order valence-electron chi connectivity index (χ4n) is 1.84. The van der Waals surface area contributed by atoms with Gasteiger partial charge in [-0.3, -0.25) is 9.59 Å². The molecule has 16 heavy (non-hydrogen) atoms. The Morgan fingerprint density at radius 3 is 2.56 bits per heavy atom. The Hall–Kier alpha value is -1.20. The van der Waals surface area contributed by atoms with E-state index in [0.717, 1.165) is 4.90 Å². The van der Waals surface area contributed by atoms with Crippen LogP contribution in [0.1, 0.15) is 26.7 Å². The summed E-state index contributed by atoms with van der Waals surface area (Å²) in [6.45, 7) is 2.68. The molecule has 0 aromatic heterocycles. The van der Waals surface area contributed by atoms with Gasteiger partial charge in [-0.2, -0.15) is 0 Å². The molecule has 0 saturated carbocycles. The van der Waals surface area contributed by atoms with Crippen LogP contribution >= 0.6 is 0 Å². The molecule has 4 nitrogen and oxygen atoms in total. The van der Waals surface area contributed by atoms with Crippen LogP contribution in [-0.2, 0) is 9.59 Å². The van der Waals surface area contributed by atoms with Crippen LogP contribution in [0.5, 0.6) is 0 Å². The number of hydrogen-bond acceptors (Lipinski definition) is 2. The summed E-state index contributed by atoms with van der Waals surface area (Å²) < 4.78 is 24.7. The highest BCUT2D eigenvalue weighted by molar-refractivity contribution is 5.96. The molecule has 92 valence electrons. The molecule has 1 aliphatic heterocycles. The molecule has 1 rings (SSSR count). The molecule has 0 aromatic carbocycles. The highest BCUT2D eigenvalue weighted by Crippen LogP contribution is 2.16. The van der Waals surface area contributed by atoms with Gasteiger partial charge in [0.25, 0.3) is 6.43 Å². The van der Waals surface area contributed by atoms with Crippen molar-refractivity contribution in [2.75, 3.05) is 6.54 Å². The zero-order valence-electron chi connectivity index (χ0n) is 9.37. The normalized spacial score (nSPS) is 26.2. The van der Waals surface area contributed by atoms with Crippen molar-refractivity contribution in [1.29, 1.82) is 0 Å². The summed E-state index contributed by atoms with van der Waals surface area (Å²) in [5.41, 5.74) is 0. The molecule has 0 radical (unpaired) electrons. The lowest BCUT2D eigenvalue weighted by atomic mass is 10.0. The number of piperazine rings is 1. The van der Waals surface area contributed by atoms with Crippen molar-refractivity contribution in [2.45, 2.75) is 45.2 Å². The molecule has 2 unspecified atom stereocenters. The first-order valence-electron chi connectivity index (χ1n) is 5.36. The van der Waals surface area contributed by atoms with Crippen LogP contribution in [0.25, 0.3) is 0 Å². The van der Waals surface area contributed by atoms with Gasteiger partial charge in [0.05, 0.1) is 6.54 Å². The lowest BCUT2D eigenvalue weighted by molar-refractivity contribution is -0.151. The van der Waals surface area contributed by atoms with E-state index in [1.165, 1.54) is 6.92 Å². The Labute approximate surface area is 93.0 Å². The van der Waals surface area contributed by atoms with Gasteiger partial charge >= 0.3 is 0 Å². The highest BCUT2D eigenvalue weighted by Gasteiger charge is 2.38. The van der Waals surface area contributed by atoms with Crippen molar-refractivity contribution in [1.82, 2.24) is 10.2 Å². The highest BCUT2D eigenvalue weighted by atomic mass is 19.3. The molecule has 1 heterocycles. The zero-order valence-corrected chi connectivity index (χ0v) is 9.37. The molecular formula is C10H16F2N2O2. The number of carbonyl (C=O) groups is 2. The second-order valence-corrected chi connectivity index (χ2v) is 3.92. The summed E-state index contributed by atoms with van der Waals surface area (Å²) in [6.07, 6.45) is -1.53. The fourth-order valence-corrected chi connectivity index (χ4v) is 1.84. The topological polar surface area (TPSA) is 49.4 Å². The molecule has 1 aliphatic rings. The Kier molecular flexibility index (Phi) is 4.20. The minimum absolute atomic E-state index is 0.338. The molecule has 1 N–H and O–H groups in total. The predicted octanol–water partition coefficient (Wildman–Crippen LogP) is 0.767. The number of alkyl halides is 2. The smallest absolute Gasteiger partial charge is 0.255 e. The maximum atomic E-state index is 12.3. The zero-order chi connectivity index (χ0) is 12.3. The van der Waals surface area contributed by atoms with Crippen LogP contribution in [-0.4, -0.2) is 41.8 Å². The van der Waals surface area contributed by atoms with Crippen LogP contribution in [0.4, 0.5) is 8.78 Å². The summed E-state index contributed by atoms with van der Waals surface area (Å²) in [7, 11) is 0. The fraction of sp³-hybridized carbons (Fsp3) is 0.800. The maximum absolute atomic E-state index is 12.3. The van der Waals surface area contributed by atoms with E-state index in [2.05, 4.69) is 5.32 Å². The van der Waals surface area contributed by atoms with Crippen LogP contribution < -0.4 is 5.32 Å². The standard InChI is InChI=1S/C10H16F2N2O2/c1-3-4-7-9(15)13-6(2)10(16)14(7)5-8(11)12/h6-8H,3-5H2,1-2H3,(H,13,15). The number of amides is 2. The van der Waals surface area contributed by atoms with Gasteiger partial charge in [0.2, 0.25) is 11.8 Å². The van der Waals surface area contributed by atoms with E-state index in [4.69, 9.17) is 0 Å². The van der Waals surface area contributed by atoms with E-state index in [1.807, 2.05) is 6.92 Å². The molecule has 1 fully saturated rings. The van der Waals surface area contributed by atoms with E-state index in [9.17, 15) is 18.4 Å². The van der Waals surface area contributed by atoms with Crippen molar-refractivity contribution in [3.8, 4) is 0 Å². The van der Waals surface area contributed by atoms with Crippen molar-refractivity contribution in [2.24, 2.45) is 0 Å². The van der Waals surface area contributed by atoms with Crippen molar-refractivity contribution < 1.29 is 18.4 Å². The summed E-state index contributed by atoms with van der Waals surface area (Å²) in [5, 5.41) is 2.49. The van der Waals surface area contributed by atoms with E-state index in [-0.39, 0.29) is 5.91 Å². The second kappa shape index (κ2) is 5.23. The number of rotatable bonds is 4. The Morgan fingerprint density at radius 2 is 2.06 bits per heavy atom. The van der Waals surface area contributed by atoms with Crippen LogP contribution in [0.15, 0.2) is 0 Å². The van der Waals surface area contributed by atoms with E-state index >= 15 is 0 Å². The second-order valence-electron chi connectivity index (χ2n) is 3.92. The van der Waals surface area contributed by atoms with E-state index in [0.29, 0.717) is 12.8 Å². The molecule has 1 saturated heterocycles. The third kappa shape index (κ3) is 2.68. The van der Waals surface area contributed by atoms with Crippen molar-refractivity contribution in [3.63, 3.8) is 0 Å². The molecule has 6 heteroatoms. The molecule has 2 atom stereocenters. The third-order valence-electron chi connectivity index (χ3n) is 2.59. The maximum Gasteiger partial charge on any atom is 0.255 e. The van der Waals surface area contributed by atoms with Gasteiger partial charge in [0, 0.05) is 0 Å². The first kappa shape index (κ1) is 12.9. The Balaban J connectivity index is 2.83. The van der Waals surface area contributed by atoms with Gasteiger partial charge in [0.1, 0.15) is 12.1 Å². The predicted molar refractivity (Wildman–Crippen MR) is 54.0 cm³/mol. The van der Waals surface area contributed by atoms with Gasteiger partial charge in [-0.15, -0.1) is 0 Å². The largest absolute Gasteiger partial charge is 0.343 e. The number of hydrogen-bond donors (Lipinski definition) is 1. The first-order valence-corrected chi connectivity index (χ1v) is 5.36. The lowest BCUT2D eigenvalue weighted by Gasteiger charge is -2.37. The summed E-state index contributed by atoms with van der Waals surface area (Å²) >= 11 is 0.